The van der Waals surface area contributed by atoms with Crippen molar-refractivity contribution >= 4 is 17.5 Å². The summed E-state index contributed by atoms with van der Waals surface area (Å²) in [6.45, 7) is 0.221. The lowest BCUT2D eigenvalue weighted by Crippen LogP contribution is -2.44. The Labute approximate surface area is 181 Å². The lowest BCUT2D eigenvalue weighted by atomic mass is 9.98. The van der Waals surface area contributed by atoms with Gasteiger partial charge in [-0.1, -0.05) is 48.5 Å². The highest BCUT2D eigenvalue weighted by Gasteiger charge is 2.34. The van der Waals surface area contributed by atoms with Gasteiger partial charge in [0, 0.05) is 32.7 Å². The van der Waals surface area contributed by atoms with Gasteiger partial charge in [-0.25, -0.2) is 9.40 Å². The highest BCUT2D eigenvalue weighted by Crippen LogP contribution is 2.33. The van der Waals surface area contributed by atoms with Crippen LogP contribution < -0.4 is 0 Å². The van der Waals surface area contributed by atoms with Crippen molar-refractivity contribution in [2.45, 2.75) is 12.5 Å². The third kappa shape index (κ3) is 5.53. The maximum Gasteiger partial charge on any atom is 0.262 e. The average Bonchev–Trinajstić information content (AvgIpc) is 3.23. The number of benzene rings is 2. The summed E-state index contributed by atoms with van der Waals surface area (Å²) in [5, 5.41) is 5.83. The second-order valence-corrected chi connectivity index (χ2v) is 7.14. The number of hydrazone groups is 1. The number of halogens is 1. The van der Waals surface area contributed by atoms with Crippen molar-refractivity contribution < 1.29 is 23.5 Å². The fraction of sp³-hybridized carbons (Fsp3) is 0.348. The van der Waals surface area contributed by atoms with Crippen LogP contribution in [0.25, 0.3) is 0 Å². The first-order chi connectivity index (χ1) is 15.0. The van der Waals surface area contributed by atoms with E-state index in [0.29, 0.717) is 17.7 Å². The Morgan fingerprint density at radius 1 is 1.10 bits per heavy atom. The molecule has 1 aliphatic heterocycles. The Morgan fingerprint density at radius 2 is 1.81 bits per heavy atom. The molecule has 31 heavy (non-hydrogen) atoms. The first-order valence-corrected chi connectivity index (χ1v) is 10.00. The Bertz CT molecular complexity index is 935. The molecule has 0 fully saturated rings. The summed E-state index contributed by atoms with van der Waals surface area (Å²) < 4.78 is 24.4. The molecule has 0 N–H and O–H groups in total. The van der Waals surface area contributed by atoms with Crippen molar-refractivity contribution in [1.29, 1.82) is 0 Å². The molecule has 0 spiro atoms. The standard InChI is InChI=1S/C23H26FN3O4/c1-30-13-12-26(23(29)16-31-2)15-22(28)27-21(17-8-4-3-5-9-17)14-20(25-27)18-10-6-7-11-19(18)24/h3-11,21H,12-16H2,1-2H3. The van der Waals surface area contributed by atoms with E-state index in [9.17, 15) is 14.0 Å². The number of nitrogens with zero attached hydrogens (tertiary/aromatic N) is 3. The maximum absolute atomic E-state index is 14.4. The van der Waals surface area contributed by atoms with E-state index in [1.807, 2.05) is 30.3 Å². The molecule has 0 bridgehead atoms. The van der Waals surface area contributed by atoms with E-state index in [2.05, 4.69) is 5.10 Å². The largest absolute Gasteiger partial charge is 0.383 e. The summed E-state index contributed by atoms with van der Waals surface area (Å²) in [7, 11) is 2.95. The lowest BCUT2D eigenvalue weighted by Gasteiger charge is -2.26. The topological polar surface area (TPSA) is 71.4 Å². The number of carbonyl (C=O) groups excluding carboxylic acids is 2. The lowest BCUT2D eigenvalue weighted by molar-refractivity contribution is -0.144. The summed E-state index contributed by atoms with van der Waals surface area (Å²) in [5.74, 6) is -1.07. The van der Waals surface area contributed by atoms with Crippen LogP contribution in [0.5, 0.6) is 0 Å². The third-order valence-electron chi connectivity index (χ3n) is 5.05. The second-order valence-electron chi connectivity index (χ2n) is 7.14. The highest BCUT2D eigenvalue weighted by molar-refractivity contribution is 6.03. The first kappa shape index (κ1) is 22.6. The fourth-order valence-electron chi connectivity index (χ4n) is 3.48. The zero-order valence-electron chi connectivity index (χ0n) is 17.7. The van der Waals surface area contributed by atoms with Crippen LogP contribution in [-0.4, -0.2) is 68.0 Å². The first-order valence-electron chi connectivity index (χ1n) is 10.00. The molecule has 0 aliphatic carbocycles. The quantitative estimate of drug-likeness (QED) is 0.617. The van der Waals surface area contributed by atoms with Crippen LogP contribution in [0.2, 0.25) is 0 Å². The van der Waals surface area contributed by atoms with Crippen LogP contribution in [-0.2, 0) is 19.1 Å². The van der Waals surface area contributed by atoms with Crippen LogP contribution >= 0.6 is 0 Å². The number of amides is 2. The van der Waals surface area contributed by atoms with Gasteiger partial charge in [0.25, 0.3) is 5.91 Å². The van der Waals surface area contributed by atoms with Crippen LogP contribution in [0.4, 0.5) is 4.39 Å². The third-order valence-corrected chi connectivity index (χ3v) is 5.05. The number of hydrogen-bond donors (Lipinski definition) is 0. The Hall–Kier alpha value is -3.10. The summed E-state index contributed by atoms with van der Waals surface area (Å²) >= 11 is 0. The van der Waals surface area contributed by atoms with Crippen molar-refractivity contribution in [2.75, 3.05) is 40.5 Å². The highest BCUT2D eigenvalue weighted by atomic mass is 19.1. The van der Waals surface area contributed by atoms with E-state index in [1.54, 1.807) is 18.2 Å². The van der Waals surface area contributed by atoms with E-state index in [4.69, 9.17) is 9.47 Å². The van der Waals surface area contributed by atoms with Crippen LogP contribution in [0.15, 0.2) is 59.7 Å². The fourth-order valence-corrected chi connectivity index (χ4v) is 3.48. The van der Waals surface area contributed by atoms with Crippen molar-refractivity contribution in [3.8, 4) is 0 Å². The molecule has 2 aromatic rings. The van der Waals surface area contributed by atoms with Gasteiger partial charge in [-0.3, -0.25) is 9.59 Å². The van der Waals surface area contributed by atoms with Gasteiger partial charge >= 0.3 is 0 Å². The zero-order chi connectivity index (χ0) is 22.2. The van der Waals surface area contributed by atoms with Gasteiger partial charge in [0.15, 0.2) is 0 Å². The minimum Gasteiger partial charge on any atom is -0.383 e. The van der Waals surface area contributed by atoms with Crippen LogP contribution in [0.3, 0.4) is 0 Å². The summed E-state index contributed by atoms with van der Waals surface area (Å²) in [4.78, 5) is 27.0. The van der Waals surface area contributed by atoms with E-state index in [-0.39, 0.29) is 50.0 Å². The van der Waals surface area contributed by atoms with Gasteiger partial charge in [-0.05, 0) is 11.6 Å². The minimum atomic E-state index is -0.389. The molecule has 0 aromatic heterocycles. The summed E-state index contributed by atoms with van der Waals surface area (Å²) in [6, 6.07) is 15.4. The van der Waals surface area contributed by atoms with Gasteiger partial charge in [0.05, 0.1) is 18.4 Å². The van der Waals surface area contributed by atoms with Crippen LogP contribution in [0, 0.1) is 5.82 Å². The van der Waals surface area contributed by atoms with E-state index in [1.165, 1.54) is 30.2 Å². The molecule has 0 saturated heterocycles. The molecule has 1 atom stereocenters. The predicted octanol–water partition coefficient (Wildman–Crippen LogP) is 2.62. The summed E-state index contributed by atoms with van der Waals surface area (Å²) in [5.41, 5.74) is 1.75. The molecule has 3 rings (SSSR count). The molecule has 8 heteroatoms. The van der Waals surface area contributed by atoms with Gasteiger partial charge in [-0.15, -0.1) is 0 Å². The van der Waals surface area contributed by atoms with E-state index >= 15 is 0 Å². The van der Waals surface area contributed by atoms with Gasteiger partial charge in [0.1, 0.15) is 19.0 Å². The smallest absolute Gasteiger partial charge is 0.262 e. The molecule has 1 heterocycles. The van der Waals surface area contributed by atoms with E-state index in [0.717, 1.165) is 5.56 Å². The summed E-state index contributed by atoms with van der Waals surface area (Å²) in [6.07, 6.45) is 0.376. The van der Waals surface area contributed by atoms with Gasteiger partial charge < -0.3 is 14.4 Å². The predicted molar refractivity (Wildman–Crippen MR) is 114 cm³/mol. The van der Waals surface area contributed by atoms with Crippen molar-refractivity contribution in [3.05, 3.63) is 71.5 Å². The normalized spacial score (nSPS) is 15.6. The second kappa shape index (κ2) is 10.8. The minimum absolute atomic E-state index is 0.136. The molecule has 1 unspecified atom stereocenters. The van der Waals surface area contributed by atoms with Crippen molar-refractivity contribution in [1.82, 2.24) is 9.91 Å². The number of hydrogen-bond acceptors (Lipinski definition) is 5. The average molecular weight is 427 g/mol. The van der Waals surface area contributed by atoms with Crippen molar-refractivity contribution in [2.24, 2.45) is 5.10 Å². The maximum atomic E-state index is 14.4. The molecular formula is C23H26FN3O4. The molecule has 0 radical (unpaired) electrons. The van der Waals surface area contributed by atoms with E-state index < -0.39 is 0 Å². The Kier molecular flexibility index (Phi) is 7.86. The molecule has 2 aromatic carbocycles. The van der Waals surface area contributed by atoms with Gasteiger partial charge in [0.2, 0.25) is 5.91 Å². The van der Waals surface area contributed by atoms with Crippen LogP contribution in [0.1, 0.15) is 23.6 Å². The number of methoxy groups -OCH3 is 2. The molecular weight excluding hydrogens is 401 g/mol. The Balaban J connectivity index is 1.88. The molecule has 0 saturated carbocycles. The van der Waals surface area contributed by atoms with Crippen molar-refractivity contribution in [3.63, 3.8) is 0 Å². The zero-order valence-corrected chi connectivity index (χ0v) is 17.7. The number of rotatable bonds is 9. The molecule has 164 valence electrons. The van der Waals surface area contributed by atoms with Gasteiger partial charge in [-0.2, -0.15) is 5.10 Å². The Morgan fingerprint density at radius 3 is 2.48 bits per heavy atom. The SMILES string of the molecule is COCCN(CC(=O)N1N=C(c2ccccc2F)CC1c1ccccc1)C(=O)COC. The molecule has 2 amide bonds. The number of ether oxygens (including phenoxy) is 2. The number of carbonyl (C=O) groups is 2. The monoisotopic (exact) mass is 427 g/mol. The molecule has 1 aliphatic rings. The molecule has 7 nitrogen and oxygen atoms in total.